The highest BCUT2D eigenvalue weighted by atomic mass is 32.2. The molecule has 0 aliphatic heterocycles. The highest BCUT2D eigenvalue weighted by Crippen LogP contribution is 2.39. The average Bonchev–Trinajstić information content (AvgIpc) is 2.76. The fourth-order valence-electron chi connectivity index (χ4n) is 2.58. The summed E-state index contributed by atoms with van der Waals surface area (Å²) in [5.41, 5.74) is 5.55. The third-order valence-corrected chi connectivity index (χ3v) is 5.52. The summed E-state index contributed by atoms with van der Waals surface area (Å²) in [6.45, 7) is -0.403. The summed E-state index contributed by atoms with van der Waals surface area (Å²) in [4.78, 5) is 23.7. The molecule has 2 aromatic rings. The molecular weight excluding hydrogens is 430 g/mol. The van der Waals surface area contributed by atoms with Crippen LogP contribution < -0.4 is 34.7 Å². The Morgan fingerprint density at radius 2 is 1.55 bits per heavy atom. The Morgan fingerprint density at radius 1 is 0.968 bits per heavy atom. The minimum absolute atomic E-state index is 0.0533. The Morgan fingerprint density at radius 3 is 2.03 bits per heavy atom. The van der Waals surface area contributed by atoms with Gasteiger partial charge in [0.05, 0.1) is 21.3 Å². The average molecular weight is 453 g/mol. The number of benzene rings is 2. The molecule has 0 aliphatic carbocycles. The van der Waals surface area contributed by atoms with Crippen LogP contribution in [0.2, 0.25) is 0 Å². The molecule has 0 radical (unpaired) electrons. The first-order chi connectivity index (χ1) is 14.7. The molecule has 2 rings (SSSR count). The maximum atomic E-state index is 12.8. The van der Waals surface area contributed by atoms with Crippen LogP contribution in [0.4, 0.5) is 5.69 Å². The maximum Gasteiger partial charge on any atom is 0.255 e. The van der Waals surface area contributed by atoms with Gasteiger partial charge in [0.2, 0.25) is 15.8 Å². The summed E-state index contributed by atoms with van der Waals surface area (Å²) in [5.74, 6) is -0.758. The highest BCUT2D eigenvalue weighted by Gasteiger charge is 2.21. The van der Waals surface area contributed by atoms with Gasteiger partial charge in [-0.2, -0.15) is 0 Å². The Balaban J connectivity index is 2.36. The zero-order valence-corrected chi connectivity index (χ0v) is 18.2. The summed E-state index contributed by atoms with van der Waals surface area (Å²) < 4.78 is 47.2. The van der Waals surface area contributed by atoms with Crippen LogP contribution in [0.15, 0.2) is 35.2 Å². The number of carbonyl (C=O) groups is 2. The number of carbonyl (C=O) groups excluding carboxylic acids is 2. The number of methoxy groups -OCH3 is 3. The van der Waals surface area contributed by atoms with Crippen molar-refractivity contribution >= 4 is 27.5 Å². The lowest BCUT2D eigenvalue weighted by Gasteiger charge is -2.16. The van der Waals surface area contributed by atoms with Crippen molar-refractivity contribution in [2.75, 3.05) is 40.3 Å². The van der Waals surface area contributed by atoms with Crippen LogP contribution in [-0.2, 0) is 14.8 Å². The molecule has 11 nitrogen and oxygen atoms in total. The number of hydrogen-bond acceptors (Lipinski definition) is 8. The molecule has 12 heteroatoms. The maximum absolute atomic E-state index is 12.8. The third kappa shape index (κ3) is 5.55. The van der Waals surface area contributed by atoms with Crippen molar-refractivity contribution in [1.29, 1.82) is 0 Å². The first-order valence-electron chi connectivity index (χ1n) is 8.76. The van der Waals surface area contributed by atoms with Crippen molar-refractivity contribution in [2.45, 2.75) is 4.90 Å². The summed E-state index contributed by atoms with van der Waals surface area (Å²) >= 11 is 0. The van der Waals surface area contributed by atoms with E-state index in [0.29, 0.717) is 5.69 Å². The van der Waals surface area contributed by atoms with Crippen molar-refractivity contribution in [3.63, 3.8) is 0 Å². The van der Waals surface area contributed by atoms with Gasteiger partial charge in [-0.1, -0.05) is 0 Å². The number of hydrogen-bond donors (Lipinski definition) is 3. The number of amides is 2. The van der Waals surface area contributed by atoms with Crippen LogP contribution in [0.3, 0.4) is 0 Å². The molecule has 0 bridgehead atoms. The fraction of sp³-hybridized carbons (Fsp3) is 0.263. The molecule has 31 heavy (non-hydrogen) atoms. The molecule has 0 atom stereocenters. The molecule has 0 unspecified atom stereocenters. The number of ether oxygens (including phenoxy) is 4. The van der Waals surface area contributed by atoms with Gasteiger partial charge in [0.1, 0.15) is 10.6 Å². The normalized spacial score (nSPS) is 10.8. The third-order valence-electron chi connectivity index (χ3n) is 4.06. The number of nitrogens with one attached hydrogen (secondary N) is 2. The van der Waals surface area contributed by atoms with Crippen molar-refractivity contribution in [3.05, 3.63) is 35.9 Å². The van der Waals surface area contributed by atoms with E-state index in [0.717, 1.165) is 0 Å². The molecule has 2 aromatic carbocycles. The molecule has 0 spiro atoms. The topological polar surface area (TPSA) is 155 Å². The predicted octanol–water partition coefficient (Wildman–Crippen LogP) is 0.737. The summed E-state index contributed by atoms with van der Waals surface area (Å²) in [7, 11) is 1.58. The van der Waals surface area contributed by atoms with E-state index in [2.05, 4.69) is 10.0 Å². The molecule has 0 saturated carbocycles. The highest BCUT2D eigenvalue weighted by molar-refractivity contribution is 7.89. The lowest BCUT2D eigenvalue weighted by Crippen LogP contribution is -2.21. The molecule has 0 saturated heterocycles. The summed E-state index contributed by atoms with van der Waals surface area (Å²) in [6, 6.07) is 6.89. The molecular formula is C19H23N3O8S. The number of anilines is 1. The van der Waals surface area contributed by atoms with Crippen LogP contribution in [0.25, 0.3) is 0 Å². The van der Waals surface area contributed by atoms with Gasteiger partial charge in [0, 0.05) is 17.3 Å². The number of rotatable bonds is 10. The van der Waals surface area contributed by atoms with Gasteiger partial charge in [0.25, 0.3) is 11.8 Å². The van der Waals surface area contributed by atoms with Crippen LogP contribution in [-0.4, -0.2) is 55.2 Å². The summed E-state index contributed by atoms with van der Waals surface area (Å²) in [5, 5.41) is 2.64. The van der Waals surface area contributed by atoms with Gasteiger partial charge in [-0.05, 0) is 31.3 Å². The molecule has 0 aromatic heterocycles. The fourth-order valence-corrected chi connectivity index (χ4v) is 3.45. The smallest absolute Gasteiger partial charge is 0.255 e. The SMILES string of the molecule is CNS(=O)(=O)c1ccc(NC(=O)c2cc(OC)c(OCC(N)=O)c(OC)c2)cc1OC. The monoisotopic (exact) mass is 453 g/mol. The van der Waals surface area contributed by atoms with E-state index in [-0.39, 0.29) is 33.5 Å². The Bertz CT molecular complexity index is 1060. The lowest BCUT2D eigenvalue weighted by atomic mass is 10.1. The number of primary amides is 1. The second-order valence-electron chi connectivity index (χ2n) is 5.99. The van der Waals surface area contributed by atoms with Gasteiger partial charge in [-0.3, -0.25) is 9.59 Å². The van der Waals surface area contributed by atoms with E-state index in [4.69, 9.17) is 24.7 Å². The van der Waals surface area contributed by atoms with Gasteiger partial charge in [-0.15, -0.1) is 0 Å². The van der Waals surface area contributed by atoms with Gasteiger partial charge < -0.3 is 30.0 Å². The van der Waals surface area contributed by atoms with E-state index >= 15 is 0 Å². The van der Waals surface area contributed by atoms with Crippen LogP contribution in [0.5, 0.6) is 23.0 Å². The number of nitrogens with two attached hydrogens (primary N) is 1. The van der Waals surface area contributed by atoms with E-state index < -0.39 is 28.4 Å². The first kappa shape index (κ1) is 23.8. The van der Waals surface area contributed by atoms with Crippen molar-refractivity contribution in [3.8, 4) is 23.0 Å². The van der Waals surface area contributed by atoms with E-state index in [9.17, 15) is 18.0 Å². The number of sulfonamides is 1. The lowest BCUT2D eigenvalue weighted by molar-refractivity contribution is -0.120. The predicted molar refractivity (Wildman–Crippen MR) is 111 cm³/mol. The van der Waals surface area contributed by atoms with E-state index in [1.807, 2.05) is 0 Å². The van der Waals surface area contributed by atoms with Crippen molar-refractivity contribution in [1.82, 2.24) is 4.72 Å². The summed E-state index contributed by atoms with van der Waals surface area (Å²) in [6.07, 6.45) is 0. The molecule has 0 heterocycles. The van der Waals surface area contributed by atoms with Gasteiger partial charge in [0.15, 0.2) is 18.1 Å². The molecule has 168 valence electrons. The Kier molecular flexibility index (Phi) is 7.67. The quantitative estimate of drug-likeness (QED) is 0.476. The van der Waals surface area contributed by atoms with Crippen LogP contribution in [0, 0.1) is 0 Å². The zero-order valence-electron chi connectivity index (χ0n) is 17.3. The molecule has 0 aliphatic rings. The van der Waals surface area contributed by atoms with Crippen molar-refractivity contribution < 1.29 is 37.0 Å². The second kappa shape index (κ2) is 10.00. The van der Waals surface area contributed by atoms with Crippen LogP contribution in [0.1, 0.15) is 10.4 Å². The first-order valence-corrected chi connectivity index (χ1v) is 10.2. The van der Waals surface area contributed by atoms with Gasteiger partial charge in [-0.25, -0.2) is 13.1 Å². The minimum Gasteiger partial charge on any atom is -0.495 e. The Labute approximate surface area is 179 Å². The minimum atomic E-state index is -3.74. The molecule has 4 N–H and O–H groups in total. The Hall–Kier alpha value is -3.51. The largest absolute Gasteiger partial charge is 0.495 e. The molecule has 0 fully saturated rings. The van der Waals surface area contributed by atoms with E-state index in [1.54, 1.807) is 0 Å². The van der Waals surface area contributed by atoms with Crippen molar-refractivity contribution in [2.24, 2.45) is 5.73 Å². The van der Waals surface area contributed by atoms with Crippen LogP contribution >= 0.6 is 0 Å². The van der Waals surface area contributed by atoms with Gasteiger partial charge >= 0.3 is 0 Å². The zero-order chi connectivity index (χ0) is 23.2. The molecule has 2 amide bonds. The van der Waals surface area contributed by atoms with E-state index in [1.165, 1.54) is 58.7 Å². The standard InChI is InChI=1S/C19H23N3O8S/c1-21-31(25,26)16-6-5-12(9-13(16)27-2)22-19(24)11-7-14(28-3)18(15(8-11)29-4)30-10-17(20)23/h5-9,21H,10H2,1-4H3,(H2,20,23)(H,22,24). The second-order valence-corrected chi connectivity index (χ2v) is 7.85.